The van der Waals surface area contributed by atoms with Crippen LogP contribution in [0.15, 0.2) is 48.5 Å². The van der Waals surface area contributed by atoms with Crippen molar-refractivity contribution < 1.29 is 38.6 Å². The van der Waals surface area contributed by atoms with Crippen molar-refractivity contribution >= 4 is 57.7 Å². The monoisotopic (exact) mass is 900 g/mol. The standard InChI is InChI=1S/C48H56N10O8/c1-25(2)40(53-39(60)24-59)46(63)57-14-6-8-37(57)42-49-33-12-10-27(18-35(33)51-42)44(61)55-20-29-16-31-22-56(23-32(31)17-30(29)21-55)45(62)28-11-13-34-36(19-28)52-43(50-34)38-9-7-15-58(38)47(64)41(26(3)4)54-48(65)66-5/h10-13,16-19,25-26,37-38,40-41,59H,6-9,14-15,20-24H2,1-5H3,(H,49,51)(H,50,52)(H,53,60)(H,54,65). The number of ether oxygens (including phenoxy) is 1. The van der Waals surface area contributed by atoms with E-state index in [1.165, 1.54) is 7.11 Å². The first-order valence-corrected chi connectivity index (χ1v) is 22.8. The van der Waals surface area contributed by atoms with Gasteiger partial charge in [-0.2, -0.15) is 0 Å². The predicted molar refractivity (Wildman–Crippen MR) is 241 cm³/mol. The number of fused-ring (bicyclic) bond motifs is 4. The molecule has 0 bridgehead atoms. The van der Waals surface area contributed by atoms with E-state index in [1.807, 2.05) is 55.7 Å². The molecule has 4 atom stereocenters. The quantitative estimate of drug-likeness (QED) is 0.124. The van der Waals surface area contributed by atoms with Crippen LogP contribution in [0, 0.1) is 11.8 Å². The van der Waals surface area contributed by atoms with Gasteiger partial charge in [-0.1, -0.05) is 39.8 Å². The maximum Gasteiger partial charge on any atom is 0.407 e. The average Bonchev–Trinajstić information content (AvgIpc) is 4.17. The van der Waals surface area contributed by atoms with E-state index in [9.17, 15) is 33.9 Å². The zero-order chi connectivity index (χ0) is 46.6. The van der Waals surface area contributed by atoms with Gasteiger partial charge in [0, 0.05) is 50.4 Å². The molecule has 0 aliphatic carbocycles. The number of methoxy groups -OCH3 is 1. The van der Waals surface area contributed by atoms with Gasteiger partial charge in [-0.15, -0.1) is 0 Å². The number of nitrogens with one attached hydrogen (secondary N) is 4. The summed E-state index contributed by atoms with van der Waals surface area (Å²) in [6.07, 6.45) is 2.33. The number of alkyl carbamates (subject to hydrolysis) is 1. The Morgan fingerprint density at radius 2 is 1.09 bits per heavy atom. The normalized spacial score (nSPS) is 18.9. The number of benzene rings is 3. The third-order valence-corrected chi connectivity index (χ3v) is 13.5. The number of rotatable bonds is 11. The molecule has 4 aliphatic heterocycles. The van der Waals surface area contributed by atoms with Crippen molar-refractivity contribution in [1.29, 1.82) is 0 Å². The van der Waals surface area contributed by atoms with Gasteiger partial charge in [-0.3, -0.25) is 24.0 Å². The number of aliphatic hydroxyl groups is 1. The molecule has 18 nitrogen and oxygen atoms in total. The van der Waals surface area contributed by atoms with E-state index in [2.05, 4.69) is 32.7 Å². The number of likely N-dealkylation sites (tertiary alicyclic amines) is 2. The highest BCUT2D eigenvalue weighted by Gasteiger charge is 2.39. The molecule has 9 rings (SSSR count). The zero-order valence-electron chi connectivity index (χ0n) is 37.8. The van der Waals surface area contributed by atoms with E-state index < -0.39 is 30.7 Å². The van der Waals surface area contributed by atoms with Crippen LogP contribution in [0.3, 0.4) is 0 Å². The van der Waals surface area contributed by atoms with E-state index in [-0.39, 0.29) is 47.5 Å². The molecule has 6 heterocycles. The topological polar surface area (TPSA) is 226 Å². The molecule has 2 aromatic heterocycles. The number of nitrogens with zero attached hydrogens (tertiary/aromatic N) is 6. The van der Waals surface area contributed by atoms with Crippen molar-refractivity contribution in [3.63, 3.8) is 0 Å². The summed E-state index contributed by atoms with van der Waals surface area (Å²) < 4.78 is 4.76. The lowest BCUT2D eigenvalue weighted by molar-refractivity contribution is -0.139. The van der Waals surface area contributed by atoms with Gasteiger partial charge in [0.05, 0.1) is 41.3 Å². The molecule has 5 N–H and O–H groups in total. The van der Waals surface area contributed by atoms with Crippen molar-refractivity contribution in [1.82, 2.24) is 50.2 Å². The molecule has 0 spiro atoms. The molecule has 66 heavy (non-hydrogen) atoms. The first-order chi connectivity index (χ1) is 31.7. The lowest BCUT2D eigenvalue weighted by atomic mass is 10.0. The Morgan fingerprint density at radius 1 is 0.667 bits per heavy atom. The lowest BCUT2D eigenvalue weighted by Gasteiger charge is -2.30. The van der Waals surface area contributed by atoms with E-state index in [0.29, 0.717) is 97.0 Å². The summed E-state index contributed by atoms with van der Waals surface area (Å²) in [5.74, 6) is -0.296. The predicted octanol–water partition coefficient (Wildman–Crippen LogP) is 4.59. The van der Waals surface area contributed by atoms with Gasteiger partial charge < -0.3 is 50.0 Å². The number of hydrogen-bond acceptors (Lipinski definition) is 10. The highest BCUT2D eigenvalue weighted by Crippen LogP contribution is 2.36. The molecule has 2 saturated heterocycles. The van der Waals surface area contributed by atoms with Crippen LogP contribution in [0.4, 0.5) is 4.79 Å². The molecule has 4 unspecified atom stereocenters. The smallest absolute Gasteiger partial charge is 0.407 e. The number of H-pyrrole nitrogens is 2. The minimum Gasteiger partial charge on any atom is -0.453 e. The number of amides is 6. The Labute approximate surface area is 381 Å². The van der Waals surface area contributed by atoms with Crippen LogP contribution < -0.4 is 10.6 Å². The van der Waals surface area contributed by atoms with E-state index in [4.69, 9.17) is 14.7 Å². The Balaban J connectivity index is 0.840. The molecule has 6 amide bonds. The highest BCUT2D eigenvalue weighted by molar-refractivity contribution is 5.99. The first-order valence-electron chi connectivity index (χ1n) is 22.8. The maximum atomic E-state index is 14.0. The van der Waals surface area contributed by atoms with Gasteiger partial charge in [0.15, 0.2) is 0 Å². The second-order valence-electron chi connectivity index (χ2n) is 18.6. The van der Waals surface area contributed by atoms with E-state index >= 15 is 0 Å². The van der Waals surface area contributed by atoms with Gasteiger partial charge >= 0.3 is 6.09 Å². The van der Waals surface area contributed by atoms with Crippen LogP contribution in [0.1, 0.15) is 120 Å². The fraction of sp³-hybridized carbons (Fsp3) is 0.458. The Morgan fingerprint density at radius 3 is 1.48 bits per heavy atom. The molecule has 18 heteroatoms. The number of carbonyl (C=O) groups is 6. The SMILES string of the molecule is COC(=O)NC(C(=O)N1CCCC1c1nc2ccc(C(=O)N3Cc4cc5c(cc4C3)CN(C(=O)c3ccc4nc(C6CCCN6C(=O)C(NC(=O)CO)C(C)C)[nH]c4c3)C5)cc2[nH]1)C(C)C. The van der Waals surface area contributed by atoms with E-state index in [0.717, 1.165) is 35.1 Å². The Bertz CT molecular complexity index is 2540. The van der Waals surface area contributed by atoms with Crippen molar-refractivity contribution in [3.8, 4) is 0 Å². The fourth-order valence-corrected chi connectivity index (χ4v) is 10.0. The Hall–Kier alpha value is -6.82. The molecule has 5 aromatic rings. The van der Waals surface area contributed by atoms with Crippen molar-refractivity contribution in [2.45, 2.75) is 104 Å². The molecular formula is C48H56N10O8. The summed E-state index contributed by atoms with van der Waals surface area (Å²) in [7, 11) is 1.27. The van der Waals surface area contributed by atoms with Gasteiger partial charge in [-0.25, -0.2) is 14.8 Å². The van der Waals surface area contributed by atoms with Crippen LogP contribution in [-0.2, 0) is 45.3 Å². The summed E-state index contributed by atoms with van der Waals surface area (Å²) in [6.45, 7) is 9.58. The van der Waals surface area contributed by atoms with Crippen molar-refractivity contribution in [2.75, 3.05) is 26.8 Å². The highest BCUT2D eigenvalue weighted by atomic mass is 16.5. The molecule has 3 aromatic carbocycles. The summed E-state index contributed by atoms with van der Waals surface area (Å²) in [4.78, 5) is 103. The van der Waals surface area contributed by atoms with Crippen LogP contribution >= 0.6 is 0 Å². The first kappa shape index (κ1) is 44.4. The molecule has 0 saturated carbocycles. The van der Waals surface area contributed by atoms with Crippen LogP contribution in [-0.4, -0.2) is 119 Å². The zero-order valence-corrected chi connectivity index (χ0v) is 37.8. The average molecular weight is 901 g/mol. The molecule has 2 fully saturated rings. The third-order valence-electron chi connectivity index (χ3n) is 13.5. The van der Waals surface area contributed by atoms with Gasteiger partial charge in [0.1, 0.15) is 30.3 Å². The van der Waals surface area contributed by atoms with Crippen LogP contribution in [0.5, 0.6) is 0 Å². The fourth-order valence-electron chi connectivity index (χ4n) is 10.0. The van der Waals surface area contributed by atoms with E-state index in [1.54, 1.807) is 28.0 Å². The maximum absolute atomic E-state index is 14.0. The lowest BCUT2D eigenvalue weighted by Crippen LogP contribution is -2.51. The summed E-state index contributed by atoms with van der Waals surface area (Å²) in [5, 5.41) is 14.6. The van der Waals surface area contributed by atoms with Crippen molar-refractivity contribution in [2.24, 2.45) is 11.8 Å². The van der Waals surface area contributed by atoms with Crippen LogP contribution in [0.2, 0.25) is 0 Å². The third kappa shape index (κ3) is 8.33. The molecule has 346 valence electrons. The summed E-state index contributed by atoms with van der Waals surface area (Å²) in [6, 6.07) is 12.9. The molecule has 4 aliphatic rings. The largest absolute Gasteiger partial charge is 0.453 e. The number of aromatic nitrogens is 4. The second-order valence-corrected chi connectivity index (χ2v) is 18.6. The van der Waals surface area contributed by atoms with Gasteiger partial charge in [0.25, 0.3) is 11.8 Å². The minimum atomic E-state index is -0.773. The second kappa shape index (κ2) is 17.9. The number of aromatic amines is 2. The minimum absolute atomic E-state index is 0.108. The number of imidazole rings is 2. The van der Waals surface area contributed by atoms with Gasteiger partial charge in [-0.05, 0) is 96.2 Å². The van der Waals surface area contributed by atoms with Gasteiger partial charge in [0.2, 0.25) is 17.7 Å². The van der Waals surface area contributed by atoms with Crippen molar-refractivity contribution in [3.05, 3.63) is 93.6 Å². The molecule has 0 radical (unpaired) electrons. The number of hydrogen-bond donors (Lipinski definition) is 5. The number of carbonyl (C=O) groups excluding carboxylic acids is 6. The number of aliphatic hydroxyl groups excluding tert-OH is 1. The summed E-state index contributed by atoms with van der Waals surface area (Å²) >= 11 is 0. The van der Waals surface area contributed by atoms with Crippen LogP contribution in [0.25, 0.3) is 22.1 Å². The summed E-state index contributed by atoms with van der Waals surface area (Å²) in [5.41, 5.74) is 8.01. The molecular weight excluding hydrogens is 845 g/mol. The Kier molecular flexibility index (Phi) is 12.0.